The van der Waals surface area contributed by atoms with E-state index in [1.807, 2.05) is 26.0 Å². The number of fused-ring (bicyclic) bond motifs is 2. The molecule has 0 radical (unpaired) electrons. The molecule has 3 aromatic rings. The molecule has 0 bridgehead atoms. The van der Waals surface area contributed by atoms with Crippen molar-refractivity contribution in [2.75, 3.05) is 0 Å². The maximum absolute atomic E-state index is 12.7. The molecule has 6 nitrogen and oxygen atoms in total. The number of hydrogen-bond donors (Lipinski definition) is 1. The Morgan fingerprint density at radius 1 is 1.33 bits per heavy atom. The van der Waals surface area contributed by atoms with Crippen molar-refractivity contribution in [1.82, 2.24) is 14.9 Å². The molecule has 2 heterocycles. The number of aryl methyl sites for hydroxylation is 4. The summed E-state index contributed by atoms with van der Waals surface area (Å²) in [4.78, 5) is 29.3. The van der Waals surface area contributed by atoms with Gasteiger partial charge in [-0.25, -0.2) is 4.98 Å². The molecule has 4 rings (SSSR count). The monoisotopic (exact) mass is 365 g/mol. The highest BCUT2D eigenvalue weighted by molar-refractivity contribution is 5.78. The Labute approximate surface area is 157 Å². The van der Waals surface area contributed by atoms with Crippen molar-refractivity contribution in [1.29, 1.82) is 0 Å². The van der Waals surface area contributed by atoms with Gasteiger partial charge >= 0.3 is 0 Å². The zero-order chi connectivity index (χ0) is 19.0. The first-order valence-electron chi connectivity index (χ1n) is 9.37. The second-order valence-corrected chi connectivity index (χ2v) is 7.17. The fraction of sp³-hybridized carbons (Fsp3) is 0.381. The minimum atomic E-state index is -0.162. The van der Waals surface area contributed by atoms with E-state index in [0.29, 0.717) is 23.4 Å². The Hall–Kier alpha value is -2.89. The van der Waals surface area contributed by atoms with Gasteiger partial charge in [0, 0.05) is 18.5 Å². The summed E-state index contributed by atoms with van der Waals surface area (Å²) in [7, 11) is 0. The van der Waals surface area contributed by atoms with Crippen LogP contribution in [0.5, 0.6) is 0 Å². The van der Waals surface area contributed by atoms with Crippen LogP contribution in [-0.4, -0.2) is 15.5 Å². The zero-order valence-corrected chi connectivity index (χ0v) is 15.6. The molecule has 1 aromatic carbocycles. The molecule has 6 heteroatoms. The number of carbonyl (C=O) groups excluding carboxylic acids is 1. The molecule has 0 saturated carbocycles. The summed E-state index contributed by atoms with van der Waals surface area (Å²) in [5, 5.41) is 3.62. The van der Waals surface area contributed by atoms with Crippen molar-refractivity contribution in [3.63, 3.8) is 0 Å². The van der Waals surface area contributed by atoms with Crippen LogP contribution >= 0.6 is 0 Å². The van der Waals surface area contributed by atoms with Crippen molar-refractivity contribution >= 4 is 17.0 Å². The first kappa shape index (κ1) is 17.5. The molecule has 140 valence electrons. The van der Waals surface area contributed by atoms with Gasteiger partial charge in [-0.2, -0.15) is 0 Å². The van der Waals surface area contributed by atoms with Gasteiger partial charge in [0.15, 0.2) is 0 Å². The van der Waals surface area contributed by atoms with E-state index in [2.05, 4.69) is 22.4 Å². The van der Waals surface area contributed by atoms with Crippen molar-refractivity contribution in [2.45, 2.75) is 52.1 Å². The summed E-state index contributed by atoms with van der Waals surface area (Å²) >= 11 is 0. The van der Waals surface area contributed by atoms with Crippen LogP contribution in [0.3, 0.4) is 0 Å². The molecule has 0 unspecified atom stereocenters. The van der Waals surface area contributed by atoms with Crippen molar-refractivity contribution in [2.24, 2.45) is 0 Å². The second-order valence-electron chi connectivity index (χ2n) is 7.17. The number of nitrogens with zero attached hydrogens (tertiary/aromatic N) is 2. The summed E-state index contributed by atoms with van der Waals surface area (Å²) in [6.07, 6.45) is 4.77. The van der Waals surface area contributed by atoms with Gasteiger partial charge in [-0.1, -0.05) is 24.3 Å². The first-order chi connectivity index (χ1) is 13.0. The van der Waals surface area contributed by atoms with Crippen molar-refractivity contribution < 1.29 is 9.21 Å². The average Bonchev–Trinajstić information content (AvgIpc) is 2.96. The van der Waals surface area contributed by atoms with E-state index < -0.39 is 0 Å². The van der Waals surface area contributed by atoms with Gasteiger partial charge in [-0.05, 0) is 44.2 Å². The van der Waals surface area contributed by atoms with Crippen LogP contribution in [0, 0.1) is 13.8 Å². The van der Waals surface area contributed by atoms with Crippen LogP contribution in [0.4, 0.5) is 0 Å². The zero-order valence-electron chi connectivity index (χ0n) is 15.6. The van der Waals surface area contributed by atoms with Crippen LogP contribution < -0.4 is 10.9 Å². The average molecular weight is 365 g/mol. The third kappa shape index (κ3) is 3.27. The Morgan fingerprint density at radius 2 is 2.15 bits per heavy atom. The summed E-state index contributed by atoms with van der Waals surface area (Å²) in [5.74, 6) is 0.643. The molecule has 0 aliphatic heterocycles. The fourth-order valence-corrected chi connectivity index (χ4v) is 3.82. The Morgan fingerprint density at radius 3 is 3.00 bits per heavy atom. The highest BCUT2D eigenvalue weighted by atomic mass is 16.3. The molecular weight excluding hydrogens is 342 g/mol. The highest BCUT2D eigenvalue weighted by Crippen LogP contribution is 2.29. The molecule has 1 amide bonds. The maximum Gasteiger partial charge on any atom is 0.264 e. The van der Waals surface area contributed by atoms with E-state index in [4.69, 9.17) is 4.42 Å². The van der Waals surface area contributed by atoms with E-state index in [0.717, 1.165) is 24.8 Å². The van der Waals surface area contributed by atoms with Crippen LogP contribution in [0.15, 0.2) is 39.8 Å². The van der Waals surface area contributed by atoms with Gasteiger partial charge in [0.1, 0.15) is 17.5 Å². The third-order valence-electron chi connectivity index (χ3n) is 5.44. The molecule has 0 spiro atoms. The smallest absolute Gasteiger partial charge is 0.264 e. The number of hydrogen-bond acceptors (Lipinski definition) is 4. The van der Waals surface area contributed by atoms with E-state index in [1.54, 1.807) is 0 Å². The van der Waals surface area contributed by atoms with Crippen LogP contribution in [0.25, 0.3) is 11.1 Å². The summed E-state index contributed by atoms with van der Waals surface area (Å²) in [5.41, 5.74) is 3.52. The minimum Gasteiger partial charge on any atom is -0.443 e. The second kappa shape index (κ2) is 7.02. The predicted octanol–water partition coefficient (Wildman–Crippen LogP) is 3.19. The lowest BCUT2D eigenvalue weighted by Crippen LogP contribution is -2.32. The van der Waals surface area contributed by atoms with Gasteiger partial charge in [0.25, 0.3) is 5.56 Å². The Bertz CT molecular complexity index is 1060. The molecule has 0 fully saturated rings. The standard InChI is InChI=1S/C21H23N3O3/c1-13-14(2)27-20-19(13)21(26)24(12-22-20)11-10-18(25)23-17-9-5-7-15-6-3-4-8-16(15)17/h3-4,6,8,12,17H,5,7,9-11H2,1-2H3,(H,23,25)/t17-/m0/s1. The van der Waals surface area contributed by atoms with Crippen molar-refractivity contribution in [3.05, 3.63) is 63.4 Å². The summed E-state index contributed by atoms with van der Waals surface area (Å²) in [6.45, 7) is 3.96. The lowest BCUT2D eigenvalue weighted by atomic mass is 9.88. The van der Waals surface area contributed by atoms with E-state index in [-0.39, 0.29) is 23.9 Å². The predicted molar refractivity (Wildman–Crippen MR) is 103 cm³/mol. The molecule has 27 heavy (non-hydrogen) atoms. The summed E-state index contributed by atoms with van der Waals surface area (Å²) in [6, 6.07) is 8.32. The van der Waals surface area contributed by atoms with Gasteiger partial charge in [0.2, 0.25) is 11.6 Å². The lowest BCUT2D eigenvalue weighted by Gasteiger charge is -2.26. The fourth-order valence-electron chi connectivity index (χ4n) is 3.82. The normalized spacial score (nSPS) is 16.3. The van der Waals surface area contributed by atoms with Gasteiger partial charge < -0.3 is 9.73 Å². The number of carbonyl (C=O) groups is 1. The first-order valence-corrected chi connectivity index (χ1v) is 9.37. The van der Waals surface area contributed by atoms with Crippen LogP contribution in [-0.2, 0) is 17.8 Å². The quantitative estimate of drug-likeness (QED) is 0.770. The largest absolute Gasteiger partial charge is 0.443 e. The molecule has 1 aliphatic rings. The maximum atomic E-state index is 12.7. The third-order valence-corrected chi connectivity index (χ3v) is 5.44. The number of amides is 1. The lowest BCUT2D eigenvalue weighted by molar-refractivity contribution is -0.122. The number of nitrogens with one attached hydrogen (secondary N) is 1. The summed E-state index contributed by atoms with van der Waals surface area (Å²) < 4.78 is 6.97. The van der Waals surface area contributed by atoms with Gasteiger partial charge in [0.05, 0.1) is 6.04 Å². The number of benzene rings is 1. The number of rotatable bonds is 4. The molecule has 0 saturated heterocycles. The Balaban J connectivity index is 1.46. The molecular formula is C21H23N3O3. The number of aromatic nitrogens is 2. The number of furan rings is 1. The van der Waals surface area contributed by atoms with Crippen LogP contribution in [0.1, 0.15) is 47.8 Å². The van der Waals surface area contributed by atoms with Crippen LogP contribution in [0.2, 0.25) is 0 Å². The van der Waals surface area contributed by atoms with Gasteiger partial charge in [-0.15, -0.1) is 0 Å². The van der Waals surface area contributed by atoms with E-state index in [1.165, 1.54) is 22.0 Å². The van der Waals surface area contributed by atoms with E-state index in [9.17, 15) is 9.59 Å². The minimum absolute atomic E-state index is 0.0520. The van der Waals surface area contributed by atoms with E-state index >= 15 is 0 Å². The molecule has 1 aliphatic carbocycles. The van der Waals surface area contributed by atoms with Crippen molar-refractivity contribution in [3.8, 4) is 0 Å². The molecule has 1 N–H and O–H groups in total. The topological polar surface area (TPSA) is 77.1 Å². The van der Waals surface area contributed by atoms with Gasteiger partial charge in [-0.3, -0.25) is 14.2 Å². The SMILES string of the molecule is Cc1oc2ncn(CCC(=O)N[C@H]3CCCc4ccccc43)c(=O)c2c1C. The molecule has 1 atom stereocenters. The highest BCUT2D eigenvalue weighted by Gasteiger charge is 2.21. The Kier molecular flexibility index (Phi) is 4.56. The molecule has 2 aromatic heterocycles.